The van der Waals surface area contributed by atoms with Crippen LogP contribution in [0.5, 0.6) is 0 Å². The second-order valence-corrected chi connectivity index (χ2v) is 5.04. The Balaban J connectivity index is 2.40. The maximum atomic E-state index is 5.79. The van der Waals surface area contributed by atoms with Crippen LogP contribution in [0.15, 0.2) is 36.5 Å². The van der Waals surface area contributed by atoms with Crippen molar-refractivity contribution >= 4 is 0 Å². The van der Waals surface area contributed by atoms with Crippen LogP contribution >= 0.6 is 0 Å². The van der Waals surface area contributed by atoms with Gasteiger partial charge >= 0.3 is 0 Å². The quantitative estimate of drug-likeness (QED) is 0.618. The van der Waals surface area contributed by atoms with Gasteiger partial charge < -0.3 is 4.74 Å². The van der Waals surface area contributed by atoms with E-state index in [1.807, 2.05) is 51.1 Å². The van der Waals surface area contributed by atoms with Gasteiger partial charge in [0.15, 0.2) is 0 Å². The molecular weight excluding hydrogens is 254 g/mol. The number of hydrogen-bond donors (Lipinski definition) is 2. The first-order chi connectivity index (χ1) is 9.60. The number of nitrogens with zero attached hydrogens (tertiary/aromatic N) is 3. The van der Waals surface area contributed by atoms with Gasteiger partial charge in [-0.25, -0.2) is 10.1 Å². The van der Waals surface area contributed by atoms with E-state index in [0.29, 0.717) is 6.61 Å². The van der Waals surface area contributed by atoms with E-state index in [2.05, 4.69) is 15.7 Å². The van der Waals surface area contributed by atoms with E-state index in [1.165, 1.54) is 0 Å². The molecule has 0 aliphatic rings. The second-order valence-electron chi connectivity index (χ2n) is 5.04. The lowest BCUT2D eigenvalue weighted by molar-refractivity contribution is -0.0408. The minimum Gasteiger partial charge on any atom is -0.374 e. The third-order valence-corrected chi connectivity index (χ3v) is 3.25. The average molecular weight is 275 g/mol. The Morgan fingerprint density at radius 1 is 1.35 bits per heavy atom. The molecule has 1 unspecified atom stereocenters. The summed E-state index contributed by atoms with van der Waals surface area (Å²) >= 11 is 0. The lowest BCUT2D eigenvalue weighted by Gasteiger charge is -2.33. The van der Waals surface area contributed by atoms with Crippen LogP contribution in [0.25, 0.3) is 5.69 Å². The first-order valence-electron chi connectivity index (χ1n) is 6.66. The number of ether oxygens (including phenoxy) is 1. The number of hydrazine groups is 1. The van der Waals surface area contributed by atoms with Gasteiger partial charge in [0.05, 0.1) is 29.2 Å². The maximum Gasteiger partial charge on any atom is 0.0933 e. The van der Waals surface area contributed by atoms with Crippen LogP contribution < -0.4 is 11.3 Å². The molecule has 0 radical (unpaired) electrons. The van der Waals surface area contributed by atoms with Gasteiger partial charge in [-0.15, -0.1) is 5.10 Å². The lowest BCUT2D eigenvalue weighted by Crippen LogP contribution is -2.45. The highest BCUT2D eigenvalue weighted by molar-refractivity contribution is 5.32. The summed E-state index contributed by atoms with van der Waals surface area (Å²) in [6, 6.07) is 9.60. The van der Waals surface area contributed by atoms with Crippen molar-refractivity contribution in [3.63, 3.8) is 0 Å². The highest BCUT2D eigenvalue weighted by Crippen LogP contribution is 2.28. The number of nitrogens with two attached hydrogens (primary N) is 1. The smallest absolute Gasteiger partial charge is 0.0933 e. The molecule has 0 aliphatic carbocycles. The molecule has 1 aromatic heterocycles. The number of benzene rings is 1. The van der Waals surface area contributed by atoms with Crippen LogP contribution in [0, 0.1) is 0 Å². The molecule has 6 heteroatoms. The third-order valence-electron chi connectivity index (χ3n) is 3.25. The first kappa shape index (κ1) is 14.6. The summed E-state index contributed by atoms with van der Waals surface area (Å²) < 4.78 is 7.55. The van der Waals surface area contributed by atoms with E-state index in [9.17, 15) is 0 Å². The van der Waals surface area contributed by atoms with E-state index in [4.69, 9.17) is 10.6 Å². The molecule has 0 bridgehead atoms. The molecule has 6 nitrogen and oxygen atoms in total. The molecule has 3 N–H and O–H groups in total. The molecule has 0 saturated heterocycles. The largest absolute Gasteiger partial charge is 0.374 e. The fourth-order valence-corrected chi connectivity index (χ4v) is 2.31. The Morgan fingerprint density at radius 3 is 2.65 bits per heavy atom. The maximum absolute atomic E-state index is 5.79. The van der Waals surface area contributed by atoms with Gasteiger partial charge in [-0.05, 0) is 32.9 Å². The van der Waals surface area contributed by atoms with Crippen LogP contribution in [0.2, 0.25) is 0 Å². The highest BCUT2D eigenvalue weighted by Gasteiger charge is 2.33. The highest BCUT2D eigenvalue weighted by atomic mass is 16.5. The molecular formula is C14H21N5O. The van der Waals surface area contributed by atoms with E-state index >= 15 is 0 Å². The zero-order valence-corrected chi connectivity index (χ0v) is 12.1. The summed E-state index contributed by atoms with van der Waals surface area (Å²) in [4.78, 5) is 0. The number of rotatable bonds is 6. The van der Waals surface area contributed by atoms with Crippen LogP contribution in [-0.2, 0) is 4.74 Å². The minimum atomic E-state index is -0.474. The molecule has 1 heterocycles. The lowest BCUT2D eigenvalue weighted by atomic mass is 9.96. The number of para-hydroxylation sites is 1. The van der Waals surface area contributed by atoms with Gasteiger partial charge in [0.2, 0.25) is 0 Å². The Kier molecular flexibility index (Phi) is 4.49. The van der Waals surface area contributed by atoms with Crippen LogP contribution in [0.1, 0.15) is 32.5 Å². The minimum absolute atomic E-state index is 0.224. The molecule has 0 aliphatic heterocycles. The van der Waals surface area contributed by atoms with Crippen LogP contribution in [0.4, 0.5) is 0 Å². The zero-order valence-electron chi connectivity index (χ0n) is 12.1. The number of aromatic nitrogens is 3. The summed E-state index contributed by atoms with van der Waals surface area (Å²) in [5.41, 5.74) is 4.14. The van der Waals surface area contributed by atoms with E-state index in [0.717, 1.165) is 11.4 Å². The van der Waals surface area contributed by atoms with Crippen molar-refractivity contribution in [2.24, 2.45) is 5.84 Å². The predicted molar refractivity (Wildman–Crippen MR) is 77.1 cm³/mol. The van der Waals surface area contributed by atoms with Crippen molar-refractivity contribution in [2.75, 3.05) is 6.61 Å². The second kappa shape index (κ2) is 6.13. The van der Waals surface area contributed by atoms with Gasteiger partial charge in [0.1, 0.15) is 0 Å². The third kappa shape index (κ3) is 2.87. The molecule has 0 spiro atoms. The fourth-order valence-electron chi connectivity index (χ4n) is 2.31. The molecule has 20 heavy (non-hydrogen) atoms. The van der Waals surface area contributed by atoms with Crippen molar-refractivity contribution in [1.82, 2.24) is 20.4 Å². The van der Waals surface area contributed by atoms with Crippen LogP contribution in [-0.4, -0.2) is 27.2 Å². The molecule has 0 saturated carbocycles. The summed E-state index contributed by atoms with van der Waals surface area (Å²) in [5.74, 6) is 5.73. The standard InChI is InChI=1S/C14H21N5O/c1-4-20-14(2,3)13(17-15)12-10-16-18-19(12)11-8-6-5-7-9-11/h5-10,13,17H,4,15H2,1-3H3. The molecule has 0 fully saturated rings. The Bertz CT molecular complexity index is 538. The van der Waals surface area contributed by atoms with Gasteiger partial charge in [-0.3, -0.25) is 5.84 Å². The Labute approximate surface area is 118 Å². The van der Waals surface area contributed by atoms with Crippen molar-refractivity contribution in [2.45, 2.75) is 32.4 Å². The first-order valence-corrected chi connectivity index (χ1v) is 6.66. The summed E-state index contributed by atoms with van der Waals surface area (Å²) in [6.07, 6.45) is 1.71. The van der Waals surface area contributed by atoms with Crippen molar-refractivity contribution in [3.05, 3.63) is 42.2 Å². The normalized spacial score (nSPS) is 13.4. The van der Waals surface area contributed by atoms with E-state index in [-0.39, 0.29) is 6.04 Å². The molecule has 1 atom stereocenters. The molecule has 1 aromatic carbocycles. The summed E-state index contributed by atoms with van der Waals surface area (Å²) in [5, 5.41) is 8.15. The Morgan fingerprint density at radius 2 is 2.05 bits per heavy atom. The fraction of sp³-hybridized carbons (Fsp3) is 0.429. The average Bonchev–Trinajstić information content (AvgIpc) is 2.89. The Hall–Kier alpha value is -1.76. The molecule has 108 valence electrons. The monoisotopic (exact) mass is 275 g/mol. The van der Waals surface area contributed by atoms with Gasteiger partial charge in [0.25, 0.3) is 0 Å². The van der Waals surface area contributed by atoms with Gasteiger partial charge in [-0.1, -0.05) is 23.4 Å². The van der Waals surface area contributed by atoms with Crippen molar-refractivity contribution in [3.8, 4) is 5.69 Å². The van der Waals surface area contributed by atoms with E-state index in [1.54, 1.807) is 10.9 Å². The van der Waals surface area contributed by atoms with E-state index < -0.39 is 5.60 Å². The zero-order chi connectivity index (χ0) is 14.6. The predicted octanol–water partition coefficient (Wildman–Crippen LogP) is 1.59. The van der Waals surface area contributed by atoms with Crippen molar-refractivity contribution < 1.29 is 4.74 Å². The van der Waals surface area contributed by atoms with Gasteiger partial charge in [0, 0.05) is 6.61 Å². The SMILES string of the molecule is CCOC(C)(C)C(NN)c1cnnn1-c1ccccc1. The molecule has 2 rings (SSSR count). The number of hydrogen-bond acceptors (Lipinski definition) is 5. The summed E-state index contributed by atoms with van der Waals surface area (Å²) in [7, 11) is 0. The summed E-state index contributed by atoms with van der Waals surface area (Å²) in [6.45, 7) is 6.55. The molecule has 0 amide bonds. The van der Waals surface area contributed by atoms with Crippen LogP contribution in [0.3, 0.4) is 0 Å². The van der Waals surface area contributed by atoms with Gasteiger partial charge in [-0.2, -0.15) is 0 Å². The topological polar surface area (TPSA) is 78.0 Å². The number of nitrogens with one attached hydrogen (secondary N) is 1. The van der Waals surface area contributed by atoms with Crippen molar-refractivity contribution in [1.29, 1.82) is 0 Å². The molecule has 2 aromatic rings.